The lowest BCUT2D eigenvalue weighted by Gasteiger charge is -2.62. The fourth-order valence-electron chi connectivity index (χ4n) is 6.15. The minimum absolute atomic E-state index is 0.182. The number of aliphatic hydroxyl groups is 1. The zero-order chi connectivity index (χ0) is 17.0. The van der Waals surface area contributed by atoms with Crippen molar-refractivity contribution in [3.05, 3.63) is 53.9 Å². The van der Waals surface area contributed by atoms with Gasteiger partial charge in [-0.25, -0.2) is 0 Å². The average Bonchev–Trinajstić information content (AvgIpc) is 3.10. The van der Waals surface area contributed by atoms with E-state index in [1.807, 2.05) is 30.6 Å². The molecule has 3 N–H and O–H groups in total. The van der Waals surface area contributed by atoms with E-state index in [1.165, 1.54) is 12.8 Å². The molecule has 6 rings (SSSR count). The van der Waals surface area contributed by atoms with Crippen LogP contribution in [0.4, 0.5) is 5.69 Å². The van der Waals surface area contributed by atoms with Gasteiger partial charge in [-0.1, -0.05) is 12.1 Å². The van der Waals surface area contributed by atoms with Gasteiger partial charge in [0, 0.05) is 24.4 Å². The lowest BCUT2D eigenvalue weighted by atomic mass is 9.47. The Bertz CT molecular complexity index is 806. The SMILES string of the molecule is N#Cc1cccc(C2C3CC4CC2(O)CC(C3)C4Nc2cc[nH]c2)c1. The molecule has 4 aliphatic rings. The number of aromatic nitrogens is 1. The number of nitrogens with zero attached hydrogens (tertiary/aromatic N) is 1. The molecule has 0 aliphatic heterocycles. The van der Waals surface area contributed by atoms with Gasteiger partial charge in [-0.05, 0) is 67.2 Å². The number of hydrogen-bond acceptors (Lipinski definition) is 3. The van der Waals surface area contributed by atoms with Crippen molar-refractivity contribution in [3.8, 4) is 6.07 Å². The summed E-state index contributed by atoms with van der Waals surface area (Å²) in [6.07, 6.45) is 8.03. The van der Waals surface area contributed by atoms with E-state index in [0.29, 0.717) is 29.4 Å². The molecule has 2 aromatic rings. The topological polar surface area (TPSA) is 71.8 Å². The van der Waals surface area contributed by atoms with E-state index in [9.17, 15) is 10.4 Å². The van der Waals surface area contributed by atoms with Crippen molar-refractivity contribution in [2.75, 3.05) is 5.32 Å². The van der Waals surface area contributed by atoms with Gasteiger partial charge in [0.25, 0.3) is 0 Å². The van der Waals surface area contributed by atoms with Crippen molar-refractivity contribution in [2.45, 2.75) is 43.2 Å². The van der Waals surface area contributed by atoms with E-state index in [0.717, 1.165) is 24.1 Å². The third kappa shape index (κ3) is 2.30. The van der Waals surface area contributed by atoms with E-state index >= 15 is 0 Å². The van der Waals surface area contributed by atoms with Gasteiger partial charge < -0.3 is 15.4 Å². The number of aromatic amines is 1. The smallest absolute Gasteiger partial charge is 0.0991 e. The highest BCUT2D eigenvalue weighted by Crippen LogP contribution is 2.62. The molecule has 3 atom stereocenters. The van der Waals surface area contributed by atoms with Crippen LogP contribution in [0.3, 0.4) is 0 Å². The van der Waals surface area contributed by atoms with Crippen LogP contribution in [0, 0.1) is 29.1 Å². The highest BCUT2D eigenvalue weighted by Gasteiger charge is 2.60. The molecular weight excluding hydrogens is 310 g/mol. The molecule has 4 saturated carbocycles. The summed E-state index contributed by atoms with van der Waals surface area (Å²) < 4.78 is 0. The molecule has 0 saturated heterocycles. The summed E-state index contributed by atoms with van der Waals surface area (Å²) in [6, 6.07) is 12.7. The average molecular weight is 333 g/mol. The van der Waals surface area contributed by atoms with Gasteiger partial charge in [-0.3, -0.25) is 0 Å². The predicted octanol–water partition coefficient (Wildman–Crippen LogP) is 3.63. The zero-order valence-electron chi connectivity index (χ0n) is 14.2. The summed E-state index contributed by atoms with van der Waals surface area (Å²) in [5, 5.41) is 24.4. The summed E-state index contributed by atoms with van der Waals surface area (Å²) in [4.78, 5) is 3.11. The van der Waals surface area contributed by atoms with Crippen LogP contribution in [0.2, 0.25) is 0 Å². The molecule has 0 spiro atoms. The van der Waals surface area contributed by atoms with Gasteiger partial charge in [0.05, 0.1) is 22.9 Å². The van der Waals surface area contributed by atoms with Crippen molar-refractivity contribution in [1.29, 1.82) is 5.26 Å². The molecule has 0 amide bonds. The zero-order valence-corrected chi connectivity index (χ0v) is 14.2. The first-order valence-electron chi connectivity index (χ1n) is 9.28. The number of nitriles is 1. The first kappa shape index (κ1) is 15.0. The first-order valence-corrected chi connectivity index (χ1v) is 9.28. The third-order valence-corrected chi connectivity index (χ3v) is 6.81. The largest absolute Gasteiger partial charge is 0.389 e. The van der Waals surface area contributed by atoms with Crippen LogP contribution < -0.4 is 5.32 Å². The lowest BCUT2D eigenvalue weighted by molar-refractivity contribution is -0.148. The van der Waals surface area contributed by atoms with Gasteiger partial charge in [0.15, 0.2) is 0 Å². The van der Waals surface area contributed by atoms with Crippen LogP contribution >= 0.6 is 0 Å². The lowest BCUT2D eigenvalue weighted by Crippen LogP contribution is -2.62. The Labute approximate surface area is 147 Å². The quantitative estimate of drug-likeness (QED) is 0.803. The molecule has 1 aromatic heterocycles. The second-order valence-electron chi connectivity index (χ2n) is 8.25. The normalized spacial score (nSPS) is 38.5. The molecule has 1 heterocycles. The van der Waals surface area contributed by atoms with E-state index < -0.39 is 5.60 Å². The molecule has 1 aromatic carbocycles. The van der Waals surface area contributed by atoms with E-state index in [-0.39, 0.29) is 5.92 Å². The van der Waals surface area contributed by atoms with Gasteiger partial charge in [-0.15, -0.1) is 0 Å². The van der Waals surface area contributed by atoms with Crippen LogP contribution in [0.5, 0.6) is 0 Å². The van der Waals surface area contributed by atoms with Crippen LogP contribution in [-0.4, -0.2) is 21.7 Å². The fourth-order valence-corrected chi connectivity index (χ4v) is 6.15. The van der Waals surface area contributed by atoms with E-state index in [1.54, 1.807) is 0 Å². The molecule has 4 bridgehead atoms. The molecule has 4 nitrogen and oxygen atoms in total. The molecule has 25 heavy (non-hydrogen) atoms. The first-order chi connectivity index (χ1) is 12.2. The predicted molar refractivity (Wildman–Crippen MR) is 96.0 cm³/mol. The minimum atomic E-state index is -0.610. The standard InChI is InChI=1S/C21H23N3O/c22-11-13-2-1-3-14(6-13)19-15-7-16-9-21(19,25)10-17(8-15)20(16)24-18-4-5-23-12-18/h1-6,12,15-17,19-20,23-25H,7-10H2. The van der Waals surface area contributed by atoms with Crippen molar-refractivity contribution >= 4 is 5.69 Å². The van der Waals surface area contributed by atoms with Crippen molar-refractivity contribution in [3.63, 3.8) is 0 Å². The monoisotopic (exact) mass is 333 g/mol. The second kappa shape index (κ2) is 5.37. The third-order valence-electron chi connectivity index (χ3n) is 6.81. The molecule has 0 radical (unpaired) electrons. The Morgan fingerprint density at radius 1 is 1.16 bits per heavy atom. The Morgan fingerprint density at radius 2 is 1.96 bits per heavy atom. The van der Waals surface area contributed by atoms with Gasteiger partial charge in [-0.2, -0.15) is 5.26 Å². The Morgan fingerprint density at radius 3 is 2.60 bits per heavy atom. The Hall–Kier alpha value is -2.25. The van der Waals surface area contributed by atoms with Crippen LogP contribution in [0.15, 0.2) is 42.7 Å². The fraction of sp³-hybridized carbons (Fsp3) is 0.476. The van der Waals surface area contributed by atoms with Crippen LogP contribution in [-0.2, 0) is 0 Å². The summed E-state index contributed by atoms with van der Waals surface area (Å²) in [5.41, 5.74) is 2.39. The molecule has 4 aliphatic carbocycles. The number of rotatable bonds is 3. The van der Waals surface area contributed by atoms with E-state index in [4.69, 9.17) is 0 Å². The molecule has 4 heteroatoms. The maximum atomic E-state index is 11.5. The van der Waals surface area contributed by atoms with Crippen molar-refractivity contribution < 1.29 is 5.11 Å². The summed E-state index contributed by atoms with van der Waals surface area (Å²) in [7, 11) is 0. The number of hydrogen-bond donors (Lipinski definition) is 3. The Balaban J connectivity index is 1.43. The molecule has 4 fully saturated rings. The number of nitrogens with one attached hydrogen (secondary N) is 2. The van der Waals surface area contributed by atoms with Crippen molar-refractivity contribution in [1.82, 2.24) is 4.98 Å². The maximum Gasteiger partial charge on any atom is 0.0991 e. The molecule has 3 unspecified atom stereocenters. The van der Waals surface area contributed by atoms with Gasteiger partial charge in [0.1, 0.15) is 0 Å². The van der Waals surface area contributed by atoms with Gasteiger partial charge in [0.2, 0.25) is 0 Å². The highest BCUT2D eigenvalue weighted by molar-refractivity contribution is 5.43. The number of anilines is 1. The molecule has 128 valence electrons. The highest BCUT2D eigenvalue weighted by atomic mass is 16.3. The van der Waals surface area contributed by atoms with Crippen molar-refractivity contribution in [2.24, 2.45) is 17.8 Å². The number of H-pyrrole nitrogens is 1. The number of benzene rings is 1. The second-order valence-corrected chi connectivity index (χ2v) is 8.25. The summed E-state index contributed by atoms with van der Waals surface area (Å²) >= 11 is 0. The van der Waals surface area contributed by atoms with E-state index in [2.05, 4.69) is 28.5 Å². The van der Waals surface area contributed by atoms with Crippen LogP contribution in [0.25, 0.3) is 0 Å². The Kier molecular flexibility index (Phi) is 3.23. The maximum absolute atomic E-state index is 11.5. The summed E-state index contributed by atoms with van der Waals surface area (Å²) in [6.45, 7) is 0. The molecular formula is C21H23N3O. The minimum Gasteiger partial charge on any atom is -0.389 e. The summed E-state index contributed by atoms with van der Waals surface area (Å²) in [5.74, 6) is 1.78. The van der Waals surface area contributed by atoms with Gasteiger partial charge >= 0.3 is 0 Å². The van der Waals surface area contributed by atoms with Crippen LogP contribution in [0.1, 0.15) is 42.7 Å².